The fraction of sp³-hybridized carbons (Fsp3) is 0.308. The molecule has 0 aliphatic carbocycles. The maximum atomic E-state index is 13.1. The van der Waals surface area contributed by atoms with Gasteiger partial charge >= 0.3 is 0 Å². The standard InChI is InChI=1S/C13H15F2N5/c1-2-3-6-16-13-19-12(8-17-20-13)18-9-4-5-10(14)11(15)7-9/h4-5,7-8H,2-3,6H2,1H3,(H2,16,18,19,20). The molecule has 5 nitrogen and oxygen atoms in total. The first-order chi connectivity index (χ1) is 9.69. The Labute approximate surface area is 115 Å². The molecule has 1 aromatic carbocycles. The highest BCUT2D eigenvalue weighted by atomic mass is 19.2. The lowest BCUT2D eigenvalue weighted by molar-refractivity contribution is 0.509. The van der Waals surface area contributed by atoms with Gasteiger partial charge in [-0.3, -0.25) is 0 Å². The summed E-state index contributed by atoms with van der Waals surface area (Å²) in [6.07, 6.45) is 3.48. The second kappa shape index (κ2) is 6.74. The van der Waals surface area contributed by atoms with Crippen LogP contribution in [0.25, 0.3) is 0 Å². The number of unbranched alkanes of at least 4 members (excludes halogenated alkanes) is 1. The number of aromatic nitrogens is 3. The van der Waals surface area contributed by atoms with Crippen molar-refractivity contribution in [2.24, 2.45) is 0 Å². The van der Waals surface area contributed by atoms with Gasteiger partial charge in [0.15, 0.2) is 17.5 Å². The van der Waals surface area contributed by atoms with Crippen molar-refractivity contribution in [1.82, 2.24) is 15.2 Å². The van der Waals surface area contributed by atoms with E-state index in [9.17, 15) is 8.78 Å². The number of rotatable bonds is 6. The van der Waals surface area contributed by atoms with Crippen molar-refractivity contribution >= 4 is 17.5 Å². The van der Waals surface area contributed by atoms with Gasteiger partial charge in [0.05, 0.1) is 6.20 Å². The topological polar surface area (TPSA) is 62.7 Å². The van der Waals surface area contributed by atoms with E-state index >= 15 is 0 Å². The monoisotopic (exact) mass is 279 g/mol. The van der Waals surface area contributed by atoms with Crippen LogP contribution in [-0.2, 0) is 0 Å². The number of hydrogen-bond donors (Lipinski definition) is 2. The van der Waals surface area contributed by atoms with Crippen LogP contribution in [0.5, 0.6) is 0 Å². The van der Waals surface area contributed by atoms with Crippen molar-refractivity contribution in [2.75, 3.05) is 17.2 Å². The summed E-state index contributed by atoms with van der Waals surface area (Å²) in [5, 5.41) is 13.5. The fourth-order valence-corrected chi connectivity index (χ4v) is 1.54. The largest absolute Gasteiger partial charge is 0.353 e. The average Bonchev–Trinajstić information content (AvgIpc) is 2.44. The molecule has 0 fully saturated rings. The minimum atomic E-state index is -0.918. The van der Waals surface area contributed by atoms with Crippen LogP contribution in [0.3, 0.4) is 0 Å². The van der Waals surface area contributed by atoms with Crippen LogP contribution in [0.1, 0.15) is 19.8 Å². The third kappa shape index (κ3) is 3.84. The van der Waals surface area contributed by atoms with Crippen LogP contribution < -0.4 is 10.6 Å². The van der Waals surface area contributed by atoms with E-state index in [4.69, 9.17) is 0 Å². The molecule has 2 rings (SSSR count). The molecule has 2 aromatic rings. The molecule has 7 heteroatoms. The summed E-state index contributed by atoms with van der Waals surface area (Å²) in [7, 11) is 0. The molecule has 0 atom stereocenters. The van der Waals surface area contributed by atoms with Gasteiger partial charge in [-0.1, -0.05) is 13.3 Å². The van der Waals surface area contributed by atoms with Crippen molar-refractivity contribution in [3.8, 4) is 0 Å². The summed E-state index contributed by atoms with van der Waals surface area (Å²) in [6.45, 7) is 2.84. The van der Waals surface area contributed by atoms with Crippen molar-refractivity contribution in [3.63, 3.8) is 0 Å². The maximum Gasteiger partial charge on any atom is 0.244 e. The van der Waals surface area contributed by atoms with Gasteiger partial charge in [-0.2, -0.15) is 10.1 Å². The first-order valence-corrected chi connectivity index (χ1v) is 6.34. The van der Waals surface area contributed by atoms with Crippen LogP contribution in [0.2, 0.25) is 0 Å². The molecule has 106 valence electrons. The molecule has 1 aromatic heterocycles. The molecule has 2 N–H and O–H groups in total. The molecular weight excluding hydrogens is 264 g/mol. The number of benzene rings is 1. The molecule has 1 heterocycles. The predicted molar refractivity (Wildman–Crippen MR) is 72.9 cm³/mol. The van der Waals surface area contributed by atoms with Crippen molar-refractivity contribution < 1.29 is 8.78 Å². The summed E-state index contributed by atoms with van der Waals surface area (Å²) >= 11 is 0. The number of anilines is 3. The lowest BCUT2D eigenvalue weighted by Crippen LogP contribution is -2.07. The first kappa shape index (κ1) is 14.1. The third-order valence-corrected chi connectivity index (χ3v) is 2.56. The molecule has 20 heavy (non-hydrogen) atoms. The Balaban J connectivity index is 2.05. The summed E-state index contributed by atoms with van der Waals surface area (Å²) in [5.74, 6) is -1.01. The van der Waals surface area contributed by atoms with Gasteiger partial charge in [0, 0.05) is 18.3 Å². The zero-order chi connectivity index (χ0) is 14.4. The zero-order valence-electron chi connectivity index (χ0n) is 11.0. The molecule has 0 radical (unpaired) electrons. The number of hydrogen-bond acceptors (Lipinski definition) is 5. The van der Waals surface area contributed by atoms with Gasteiger partial charge < -0.3 is 10.6 Å². The quantitative estimate of drug-likeness (QED) is 0.795. The highest BCUT2D eigenvalue weighted by Gasteiger charge is 2.04. The van der Waals surface area contributed by atoms with Gasteiger partial charge in [-0.05, 0) is 18.6 Å². The van der Waals surface area contributed by atoms with Crippen LogP contribution in [0.15, 0.2) is 24.4 Å². The zero-order valence-corrected chi connectivity index (χ0v) is 11.0. The lowest BCUT2D eigenvalue weighted by atomic mass is 10.3. The molecular formula is C13H15F2N5. The van der Waals surface area contributed by atoms with Crippen molar-refractivity contribution in [2.45, 2.75) is 19.8 Å². The minimum Gasteiger partial charge on any atom is -0.353 e. The Hall–Kier alpha value is -2.31. The summed E-state index contributed by atoms with van der Waals surface area (Å²) in [6, 6.07) is 3.53. The van der Waals surface area contributed by atoms with Crippen LogP contribution in [0, 0.1) is 11.6 Å². The van der Waals surface area contributed by atoms with Crippen LogP contribution in [0.4, 0.5) is 26.2 Å². The summed E-state index contributed by atoms with van der Waals surface area (Å²) in [5.41, 5.74) is 0.393. The van der Waals surface area contributed by atoms with Gasteiger partial charge in [0.25, 0.3) is 0 Å². The molecule has 0 bridgehead atoms. The van der Waals surface area contributed by atoms with Crippen molar-refractivity contribution in [1.29, 1.82) is 0 Å². The summed E-state index contributed by atoms with van der Waals surface area (Å²) < 4.78 is 25.9. The molecule has 0 aliphatic rings. The van der Waals surface area contributed by atoms with E-state index in [2.05, 4.69) is 32.7 Å². The lowest BCUT2D eigenvalue weighted by Gasteiger charge is -2.07. The molecule has 0 unspecified atom stereocenters. The van der Waals surface area contributed by atoms with Crippen LogP contribution >= 0.6 is 0 Å². The van der Waals surface area contributed by atoms with E-state index in [0.29, 0.717) is 17.5 Å². The minimum absolute atomic E-state index is 0.393. The van der Waals surface area contributed by atoms with Crippen LogP contribution in [-0.4, -0.2) is 21.7 Å². The van der Waals surface area contributed by atoms with E-state index in [1.54, 1.807) is 0 Å². The molecule has 0 aliphatic heterocycles. The predicted octanol–water partition coefficient (Wildman–Crippen LogP) is 3.11. The molecule has 0 spiro atoms. The molecule has 0 amide bonds. The van der Waals surface area contributed by atoms with Gasteiger partial charge in [0.1, 0.15) is 0 Å². The Morgan fingerprint density at radius 3 is 2.80 bits per heavy atom. The third-order valence-electron chi connectivity index (χ3n) is 2.56. The van der Waals surface area contributed by atoms with E-state index in [1.807, 2.05) is 0 Å². The Morgan fingerprint density at radius 1 is 1.20 bits per heavy atom. The van der Waals surface area contributed by atoms with E-state index in [1.165, 1.54) is 12.3 Å². The Morgan fingerprint density at radius 2 is 2.05 bits per heavy atom. The van der Waals surface area contributed by atoms with Gasteiger partial charge in [-0.15, -0.1) is 5.10 Å². The smallest absolute Gasteiger partial charge is 0.244 e. The van der Waals surface area contributed by atoms with E-state index in [0.717, 1.165) is 31.5 Å². The number of nitrogens with zero attached hydrogens (tertiary/aromatic N) is 3. The average molecular weight is 279 g/mol. The summed E-state index contributed by atoms with van der Waals surface area (Å²) in [4.78, 5) is 4.18. The molecule has 0 saturated heterocycles. The Bertz CT molecular complexity index is 576. The second-order valence-electron chi connectivity index (χ2n) is 4.20. The van der Waals surface area contributed by atoms with E-state index < -0.39 is 11.6 Å². The van der Waals surface area contributed by atoms with Gasteiger partial charge in [0.2, 0.25) is 5.95 Å². The van der Waals surface area contributed by atoms with Gasteiger partial charge in [-0.25, -0.2) is 8.78 Å². The highest BCUT2D eigenvalue weighted by Crippen LogP contribution is 2.17. The first-order valence-electron chi connectivity index (χ1n) is 6.34. The number of nitrogens with one attached hydrogen (secondary N) is 2. The number of halogens is 2. The highest BCUT2D eigenvalue weighted by molar-refractivity contribution is 5.56. The van der Waals surface area contributed by atoms with Crippen molar-refractivity contribution in [3.05, 3.63) is 36.0 Å². The SMILES string of the molecule is CCCCNc1nncc(Nc2ccc(F)c(F)c2)n1. The normalized spacial score (nSPS) is 10.3. The maximum absolute atomic E-state index is 13.1. The Kier molecular flexibility index (Phi) is 4.75. The fourth-order valence-electron chi connectivity index (χ4n) is 1.54. The molecule has 0 saturated carbocycles. The second-order valence-corrected chi connectivity index (χ2v) is 4.20. The van der Waals surface area contributed by atoms with E-state index in [-0.39, 0.29) is 0 Å².